The summed E-state index contributed by atoms with van der Waals surface area (Å²) in [5.74, 6) is 0.0582. The predicted octanol–water partition coefficient (Wildman–Crippen LogP) is 2.71. The summed E-state index contributed by atoms with van der Waals surface area (Å²) in [6.45, 7) is 7.61. The maximum Gasteiger partial charge on any atom is 0.160 e. The molecule has 0 aliphatic heterocycles. The number of nitrogens with one attached hydrogen (secondary N) is 1. The molecule has 0 radical (unpaired) electrons. The maximum absolute atomic E-state index is 11.4. The largest absolute Gasteiger partial charge is 0.330 e. The van der Waals surface area contributed by atoms with Crippen LogP contribution in [0.4, 0.5) is 0 Å². The fourth-order valence-corrected chi connectivity index (χ4v) is 2.37. The van der Waals surface area contributed by atoms with E-state index in [0.29, 0.717) is 12.1 Å². The van der Waals surface area contributed by atoms with E-state index in [4.69, 9.17) is 11.5 Å². The van der Waals surface area contributed by atoms with Crippen molar-refractivity contribution >= 4 is 17.7 Å². The van der Waals surface area contributed by atoms with Gasteiger partial charge in [-0.25, -0.2) is 0 Å². The highest BCUT2D eigenvalue weighted by atomic mass is 32.2. The number of carbonyl (C=O) groups is 1. The number of rotatable bonds is 8. The number of nitrogens with two attached hydrogens (primary N) is 2. The molecule has 5 N–H and O–H groups in total. The van der Waals surface area contributed by atoms with Gasteiger partial charge in [-0.1, -0.05) is 13.8 Å². The molecule has 1 aromatic rings. The molecular weight excluding hydrogens is 270 g/mol. The van der Waals surface area contributed by atoms with E-state index in [1.807, 2.05) is 32.0 Å². The normalized spacial score (nSPS) is 9.85. The van der Waals surface area contributed by atoms with Crippen LogP contribution in [0.2, 0.25) is 0 Å². The lowest BCUT2D eigenvalue weighted by Crippen LogP contribution is -2.09. The molecule has 5 heteroatoms. The van der Waals surface area contributed by atoms with Gasteiger partial charge in [0.1, 0.15) is 0 Å². The van der Waals surface area contributed by atoms with Crippen LogP contribution >= 0.6 is 11.9 Å². The average Bonchev–Trinajstić information content (AvgIpc) is 2.48. The summed E-state index contributed by atoms with van der Waals surface area (Å²) in [7, 11) is 0. The molecule has 0 saturated carbocycles. The molecule has 0 atom stereocenters. The van der Waals surface area contributed by atoms with Crippen LogP contribution < -0.4 is 16.2 Å². The van der Waals surface area contributed by atoms with Crippen molar-refractivity contribution in [1.29, 1.82) is 0 Å². The molecule has 0 bridgehead atoms. The van der Waals surface area contributed by atoms with Crippen molar-refractivity contribution in [2.45, 2.75) is 45.1 Å². The van der Waals surface area contributed by atoms with Gasteiger partial charge in [-0.3, -0.25) is 9.52 Å². The van der Waals surface area contributed by atoms with Crippen LogP contribution in [0.1, 0.15) is 49.5 Å². The van der Waals surface area contributed by atoms with E-state index in [1.54, 1.807) is 18.9 Å². The minimum atomic E-state index is 0.0582. The minimum absolute atomic E-state index is 0.0582. The van der Waals surface area contributed by atoms with Gasteiger partial charge in [0.05, 0.1) is 0 Å². The third-order valence-electron chi connectivity index (χ3n) is 2.60. The molecule has 0 saturated heterocycles. The van der Waals surface area contributed by atoms with Gasteiger partial charge in [-0.2, -0.15) is 0 Å². The van der Waals surface area contributed by atoms with Crippen molar-refractivity contribution < 1.29 is 4.79 Å². The highest BCUT2D eigenvalue weighted by Gasteiger charge is 2.07. The summed E-state index contributed by atoms with van der Waals surface area (Å²) in [4.78, 5) is 12.5. The Morgan fingerprint density at radius 1 is 1.25 bits per heavy atom. The molecule has 114 valence electrons. The first kappa shape index (κ1) is 19.1. The summed E-state index contributed by atoms with van der Waals surface area (Å²) in [6, 6.07) is 5.75. The zero-order valence-corrected chi connectivity index (χ0v) is 13.6. The van der Waals surface area contributed by atoms with E-state index >= 15 is 0 Å². The third-order valence-corrected chi connectivity index (χ3v) is 3.44. The Labute approximate surface area is 126 Å². The van der Waals surface area contributed by atoms with Gasteiger partial charge in [0.25, 0.3) is 0 Å². The Hall–Kier alpha value is -0.880. The van der Waals surface area contributed by atoms with E-state index in [1.165, 1.54) is 0 Å². The van der Waals surface area contributed by atoms with Crippen LogP contribution in [0.15, 0.2) is 23.1 Å². The minimum Gasteiger partial charge on any atom is -0.330 e. The van der Waals surface area contributed by atoms with E-state index in [2.05, 4.69) is 4.72 Å². The van der Waals surface area contributed by atoms with Crippen molar-refractivity contribution in [2.75, 3.05) is 13.1 Å². The quantitative estimate of drug-likeness (QED) is 0.390. The molecule has 0 fully saturated rings. The monoisotopic (exact) mass is 297 g/mol. The average molecular weight is 297 g/mol. The first-order chi connectivity index (χ1) is 9.69. The molecule has 20 heavy (non-hydrogen) atoms. The number of carbonyl (C=O) groups excluding carboxylic acids is 1. The summed E-state index contributed by atoms with van der Waals surface area (Å²) in [5.41, 5.74) is 12.7. The fraction of sp³-hybridized carbons (Fsp3) is 0.533. The smallest absolute Gasteiger partial charge is 0.160 e. The molecule has 0 aromatic heterocycles. The molecule has 1 aromatic carbocycles. The Bertz CT molecular complexity index is 397. The highest BCUT2D eigenvalue weighted by Crippen LogP contribution is 2.19. The molecule has 0 spiro atoms. The molecule has 0 aliphatic rings. The molecule has 0 heterocycles. The van der Waals surface area contributed by atoms with Crippen molar-refractivity contribution in [3.63, 3.8) is 0 Å². The van der Waals surface area contributed by atoms with Gasteiger partial charge >= 0.3 is 0 Å². The summed E-state index contributed by atoms with van der Waals surface area (Å²) < 4.78 is 3.27. The van der Waals surface area contributed by atoms with Gasteiger partial charge in [0.2, 0.25) is 0 Å². The van der Waals surface area contributed by atoms with Crippen LogP contribution in [-0.4, -0.2) is 18.9 Å². The van der Waals surface area contributed by atoms with E-state index in [-0.39, 0.29) is 5.78 Å². The number of ketones is 1. The topological polar surface area (TPSA) is 81.1 Å². The van der Waals surface area contributed by atoms with Gasteiger partial charge in [0, 0.05) is 23.5 Å². The second-order valence-corrected chi connectivity index (χ2v) is 5.04. The van der Waals surface area contributed by atoms with Gasteiger partial charge < -0.3 is 11.5 Å². The Morgan fingerprint density at radius 2 is 1.95 bits per heavy atom. The van der Waals surface area contributed by atoms with Crippen molar-refractivity contribution in [3.05, 3.63) is 29.3 Å². The molecule has 0 aliphatic carbocycles. The first-order valence-electron chi connectivity index (χ1n) is 7.12. The number of unbranched alkanes of at least 4 members (excludes halogenated alkanes) is 1. The van der Waals surface area contributed by atoms with Crippen LogP contribution in [0.25, 0.3) is 0 Å². The lowest BCUT2D eigenvalue weighted by molar-refractivity contribution is 0.101. The molecule has 0 amide bonds. The number of hydrogen-bond donors (Lipinski definition) is 3. The first-order valence-corrected chi connectivity index (χ1v) is 7.94. The highest BCUT2D eigenvalue weighted by molar-refractivity contribution is 7.97. The van der Waals surface area contributed by atoms with Crippen LogP contribution in [0, 0.1) is 0 Å². The third kappa shape index (κ3) is 7.05. The van der Waals surface area contributed by atoms with E-state index < -0.39 is 0 Å². The lowest BCUT2D eigenvalue weighted by Gasteiger charge is -2.08. The van der Waals surface area contributed by atoms with E-state index in [0.717, 1.165) is 36.4 Å². The number of hydrogen-bond acceptors (Lipinski definition) is 5. The predicted molar refractivity (Wildman–Crippen MR) is 87.8 cm³/mol. The zero-order chi connectivity index (χ0) is 15.4. The standard InChI is InChI=1S/C13H21N3OS.C2H6/c1-10(17)13-5-4-12(8-11(13)9-15)18-16-7-3-2-6-14;1-2/h4-5,8,16H,2-3,6-7,9,14-15H2,1H3;1-2H3. The van der Waals surface area contributed by atoms with Crippen molar-refractivity contribution in [3.8, 4) is 0 Å². The van der Waals surface area contributed by atoms with E-state index in [9.17, 15) is 4.79 Å². The van der Waals surface area contributed by atoms with Gasteiger partial charge in [0.15, 0.2) is 5.78 Å². The SMILES string of the molecule is CC.CC(=O)c1ccc(SNCCCCN)cc1CN. The molecule has 0 unspecified atom stereocenters. The maximum atomic E-state index is 11.4. The molecule has 1 rings (SSSR count). The second-order valence-electron chi connectivity index (χ2n) is 4.07. The van der Waals surface area contributed by atoms with Gasteiger partial charge in [-0.15, -0.1) is 0 Å². The molecular formula is C15H27N3OS. The van der Waals surface area contributed by atoms with Crippen molar-refractivity contribution in [2.24, 2.45) is 11.5 Å². The van der Waals surface area contributed by atoms with Crippen LogP contribution in [0.3, 0.4) is 0 Å². The Kier molecular flexibility index (Phi) is 11.4. The number of benzene rings is 1. The fourth-order valence-electron chi connectivity index (χ4n) is 1.62. The second kappa shape index (κ2) is 11.9. The lowest BCUT2D eigenvalue weighted by atomic mass is 10.0. The summed E-state index contributed by atoms with van der Waals surface area (Å²) in [5, 5.41) is 0. The van der Waals surface area contributed by atoms with Gasteiger partial charge in [-0.05, 0) is 62.0 Å². The van der Waals surface area contributed by atoms with Crippen LogP contribution in [-0.2, 0) is 6.54 Å². The Balaban J connectivity index is 0.00000172. The van der Waals surface area contributed by atoms with Crippen LogP contribution in [0.5, 0.6) is 0 Å². The zero-order valence-electron chi connectivity index (χ0n) is 12.7. The van der Waals surface area contributed by atoms with Crippen molar-refractivity contribution in [1.82, 2.24) is 4.72 Å². The Morgan fingerprint density at radius 3 is 2.50 bits per heavy atom. The number of Topliss-reactive ketones (excluding diaryl/α,β-unsaturated/α-hetero) is 1. The summed E-state index contributed by atoms with van der Waals surface area (Å²) in [6.07, 6.45) is 2.10. The molecule has 4 nitrogen and oxygen atoms in total. The summed E-state index contributed by atoms with van der Waals surface area (Å²) >= 11 is 1.56.